The molecule has 3 N–H and O–H groups in total. The zero-order valence-corrected chi connectivity index (χ0v) is 16.1. The Morgan fingerprint density at radius 1 is 1.26 bits per heavy atom. The predicted octanol–water partition coefficient (Wildman–Crippen LogP) is 2.87. The van der Waals surface area contributed by atoms with Crippen molar-refractivity contribution in [3.8, 4) is 0 Å². The van der Waals surface area contributed by atoms with Gasteiger partial charge in [-0.05, 0) is 70.3 Å². The number of carboxylic acids is 1. The van der Waals surface area contributed by atoms with Crippen LogP contribution in [0.3, 0.4) is 0 Å². The summed E-state index contributed by atoms with van der Waals surface area (Å²) in [5, 5.41) is 12.2. The van der Waals surface area contributed by atoms with Crippen molar-refractivity contribution >= 4 is 11.9 Å². The summed E-state index contributed by atoms with van der Waals surface area (Å²) in [6.07, 6.45) is 2.04. The average molecular weight is 373 g/mol. The third-order valence-corrected chi connectivity index (χ3v) is 5.31. The maximum absolute atomic E-state index is 12.5. The summed E-state index contributed by atoms with van der Waals surface area (Å²) in [5.74, 6) is 1.11. The molecular weight excluding hydrogens is 346 g/mol. The molecule has 1 amide bonds. The van der Waals surface area contributed by atoms with Gasteiger partial charge in [-0.3, -0.25) is 9.69 Å². The first-order chi connectivity index (χ1) is 12.8. The minimum absolute atomic E-state index is 0.0825. The molecule has 1 saturated heterocycles. The van der Waals surface area contributed by atoms with E-state index in [1.54, 1.807) is 13.8 Å². The van der Waals surface area contributed by atoms with Gasteiger partial charge in [0.05, 0.1) is 12.1 Å². The minimum Gasteiger partial charge on any atom is -0.477 e. The lowest BCUT2D eigenvalue weighted by Gasteiger charge is -2.31. The molecule has 3 rings (SSSR count). The van der Waals surface area contributed by atoms with Crippen molar-refractivity contribution in [2.45, 2.75) is 40.2 Å². The molecule has 3 heterocycles. The highest BCUT2D eigenvalue weighted by molar-refractivity contribution is 6.00. The average Bonchev–Trinajstić information content (AvgIpc) is 3.16. The number of carbonyl (C=O) groups is 2. The molecule has 1 fully saturated rings. The highest BCUT2D eigenvalue weighted by Crippen LogP contribution is 2.21. The summed E-state index contributed by atoms with van der Waals surface area (Å²) in [6, 6.07) is 4.01. The van der Waals surface area contributed by atoms with Gasteiger partial charge < -0.3 is 19.8 Å². The Hall–Kier alpha value is -2.54. The molecule has 7 heteroatoms. The first-order valence-corrected chi connectivity index (χ1v) is 9.33. The molecule has 2 aromatic rings. The van der Waals surface area contributed by atoms with Gasteiger partial charge in [-0.15, -0.1) is 0 Å². The van der Waals surface area contributed by atoms with Gasteiger partial charge in [0.2, 0.25) is 0 Å². The zero-order valence-electron chi connectivity index (χ0n) is 16.1. The maximum Gasteiger partial charge on any atom is 0.352 e. The highest BCUT2D eigenvalue weighted by atomic mass is 16.4. The number of hydrogen-bond donors (Lipinski definition) is 3. The largest absolute Gasteiger partial charge is 0.477 e. The van der Waals surface area contributed by atoms with Crippen molar-refractivity contribution in [1.82, 2.24) is 15.2 Å². The van der Waals surface area contributed by atoms with E-state index < -0.39 is 5.97 Å². The quantitative estimate of drug-likeness (QED) is 0.723. The molecule has 0 atom stereocenters. The van der Waals surface area contributed by atoms with Crippen LogP contribution in [0.4, 0.5) is 0 Å². The predicted molar refractivity (Wildman–Crippen MR) is 101 cm³/mol. The fraction of sp³-hybridized carbons (Fsp3) is 0.500. The number of nitrogens with zero attached hydrogens (tertiary/aromatic N) is 1. The molecule has 27 heavy (non-hydrogen) atoms. The van der Waals surface area contributed by atoms with E-state index >= 15 is 0 Å². The van der Waals surface area contributed by atoms with Crippen LogP contribution in [0.25, 0.3) is 0 Å². The smallest absolute Gasteiger partial charge is 0.352 e. The number of rotatable bonds is 6. The van der Waals surface area contributed by atoms with E-state index in [2.05, 4.69) is 15.2 Å². The van der Waals surface area contributed by atoms with Crippen LogP contribution in [0.1, 0.15) is 56.5 Å². The summed E-state index contributed by atoms with van der Waals surface area (Å²) < 4.78 is 5.64. The molecule has 1 aliphatic rings. The summed E-state index contributed by atoms with van der Waals surface area (Å²) in [4.78, 5) is 28.9. The van der Waals surface area contributed by atoms with Crippen LogP contribution in [0, 0.1) is 26.7 Å². The normalized spacial score (nSPS) is 15.8. The monoisotopic (exact) mass is 373 g/mol. The summed E-state index contributed by atoms with van der Waals surface area (Å²) >= 11 is 0. The Kier molecular flexibility index (Phi) is 5.70. The van der Waals surface area contributed by atoms with E-state index in [1.165, 1.54) is 0 Å². The number of likely N-dealkylation sites (tertiary alicyclic amines) is 1. The van der Waals surface area contributed by atoms with E-state index in [4.69, 9.17) is 4.42 Å². The van der Waals surface area contributed by atoms with Crippen LogP contribution >= 0.6 is 0 Å². The number of hydrogen-bond acceptors (Lipinski definition) is 4. The van der Waals surface area contributed by atoms with Gasteiger partial charge >= 0.3 is 5.97 Å². The first kappa shape index (κ1) is 19.2. The molecule has 0 aliphatic carbocycles. The van der Waals surface area contributed by atoms with Gasteiger partial charge in [0, 0.05) is 12.2 Å². The standard InChI is InChI=1S/C20H27N3O4/c1-12-4-5-16(27-12)11-23-8-6-15(7-9-23)10-21-19(24)17-13(2)18(20(25)26)22-14(17)3/h4-5,15,22H,6-11H2,1-3H3,(H,21,24)(H,25,26). The topological polar surface area (TPSA) is 98.6 Å². The highest BCUT2D eigenvalue weighted by Gasteiger charge is 2.24. The van der Waals surface area contributed by atoms with Crippen molar-refractivity contribution in [3.05, 3.63) is 46.2 Å². The van der Waals surface area contributed by atoms with Gasteiger partial charge in [0.25, 0.3) is 5.91 Å². The van der Waals surface area contributed by atoms with E-state index in [0.717, 1.165) is 44.0 Å². The van der Waals surface area contributed by atoms with E-state index in [1.807, 2.05) is 19.1 Å². The molecule has 0 spiro atoms. The molecule has 146 valence electrons. The molecule has 0 bridgehead atoms. The van der Waals surface area contributed by atoms with Crippen LogP contribution in [0.2, 0.25) is 0 Å². The lowest BCUT2D eigenvalue weighted by molar-refractivity contribution is 0.0690. The molecule has 0 saturated carbocycles. The van der Waals surface area contributed by atoms with Gasteiger partial charge in [-0.1, -0.05) is 0 Å². The Morgan fingerprint density at radius 2 is 1.96 bits per heavy atom. The van der Waals surface area contributed by atoms with Crippen molar-refractivity contribution in [2.24, 2.45) is 5.92 Å². The fourth-order valence-electron chi connectivity index (χ4n) is 3.77. The molecule has 0 aromatic carbocycles. The molecule has 0 radical (unpaired) electrons. The van der Waals surface area contributed by atoms with Crippen molar-refractivity contribution in [3.63, 3.8) is 0 Å². The fourth-order valence-corrected chi connectivity index (χ4v) is 3.77. The number of aromatic carboxylic acids is 1. The second-order valence-electron chi connectivity index (χ2n) is 7.37. The van der Waals surface area contributed by atoms with Crippen LogP contribution in [0.5, 0.6) is 0 Å². The third kappa shape index (κ3) is 4.42. The number of nitrogens with one attached hydrogen (secondary N) is 2. The lowest BCUT2D eigenvalue weighted by atomic mass is 9.96. The second kappa shape index (κ2) is 8.00. The van der Waals surface area contributed by atoms with Crippen LogP contribution in [-0.2, 0) is 6.54 Å². The lowest BCUT2D eigenvalue weighted by Crippen LogP contribution is -2.38. The first-order valence-electron chi connectivity index (χ1n) is 9.33. The van der Waals surface area contributed by atoms with Crippen molar-refractivity contribution < 1.29 is 19.1 Å². The Balaban J connectivity index is 1.49. The number of aromatic amines is 1. The summed E-state index contributed by atoms with van der Waals surface area (Å²) in [6.45, 7) is 8.73. The molecule has 1 aliphatic heterocycles. The van der Waals surface area contributed by atoms with Crippen molar-refractivity contribution in [2.75, 3.05) is 19.6 Å². The van der Waals surface area contributed by atoms with Crippen LogP contribution < -0.4 is 5.32 Å². The minimum atomic E-state index is -1.05. The summed E-state index contributed by atoms with van der Waals surface area (Å²) in [7, 11) is 0. The number of furan rings is 1. The number of carbonyl (C=O) groups excluding carboxylic acids is 1. The molecule has 2 aromatic heterocycles. The number of piperidine rings is 1. The van der Waals surface area contributed by atoms with Crippen LogP contribution in [0.15, 0.2) is 16.5 Å². The number of H-pyrrole nitrogens is 1. The SMILES string of the molecule is Cc1ccc(CN2CCC(CNC(=O)c3c(C)[nH]c(C(=O)O)c3C)CC2)o1. The van der Waals surface area contributed by atoms with E-state index in [-0.39, 0.29) is 11.6 Å². The molecule has 7 nitrogen and oxygen atoms in total. The molecular formula is C20H27N3O4. The maximum atomic E-state index is 12.5. The Bertz CT molecular complexity index is 828. The Morgan fingerprint density at radius 3 is 2.52 bits per heavy atom. The van der Waals surface area contributed by atoms with Gasteiger partial charge in [0.1, 0.15) is 17.2 Å². The van der Waals surface area contributed by atoms with Crippen LogP contribution in [-0.4, -0.2) is 46.5 Å². The number of carboxylic acid groups (broad SMARTS) is 1. The Labute approximate surface area is 158 Å². The molecule has 0 unspecified atom stereocenters. The van der Waals surface area contributed by atoms with E-state index in [0.29, 0.717) is 29.3 Å². The summed E-state index contributed by atoms with van der Waals surface area (Å²) in [5.41, 5.74) is 1.60. The second-order valence-corrected chi connectivity index (χ2v) is 7.37. The number of amides is 1. The third-order valence-electron chi connectivity index (χ3n) is 5.31. The van der Waals surface area contributed by atoms with Gasteiger partial charge in [-0.25, -0.2) is 4.79 Å². The van der Waals surface area contributed by atoms with Gasteiger partial charge in [0.15, 0.2) is 0 Å². The zero-order chi connectivity index (χ0) is 19.6. The number of aryl methyl sites for hydroxylation is 2. The van der Waals surface area contributed by atoms with Crippen molar-refractivity contribution in [1.29, 1.82) is 0 Å². The van der Waals surface area contributed by atoms with E-state index in [9.17, 15) is 14.7 Å². The van der Waals surface area contributed by atoms with Gasteiger partial charge in [-0.2, -0.15) is 0 Å². The number of aromatic nitrogens is 1.